The monoisotopic (exact) mass is 468 g/mol. The fourth-order valence-electron chi connectivity index (χ4n) is 3.77. The second-order valence-corrected chi connectivity index (χ2v) is 8.98. The summed E-state index contributed by atoms with van der Waals surface area (Å²) < 4.78 is 33.2. The Morgan fingerprint density at radius 1 is 1.42 bits per heavy atom. The molecule has 1 saturated carbocycles. The van der Waals surface area contributed by atoms with Gasteiger partial charge in [0.25, 0.3) is 0 Å². The molecule has 0 bridgehead atoms. The molecule has 2 unspecified atom stereocenters. The van der Waals surface area contributed by atoms with Crippen molar-refractivity contribution >= 4 is 34.0 Å². The molecule has 2 atom stereocenters. The zero-order valence-corrected chi connectivity index (χ0v) is 18.0. The molecule has 3 aromatic rings. The summed E-state index contributed by atoms with van der Waals surface area (Å²) in [7, 11) is 1.52. The molecule has 0 spiro atoms. The molecule has 2 aromatic heterocycles. The minimum absolute atomic E-state index is 0.171. The normalized spacial score (nSPS) is 18.8. The van der Waals surface area contributed by atoms with Gasteiger partial charge in [0.05, 0.1) is 12.1 Å². The van der Waals surface area contributed by atoms with Crippen LogP contribution in [-0.4, -0.2) is 44.1 Å². The van der Waals surface area contributed by atoms with E-state index >= 15 is 0 Å². The average molecular weight is 469 g/mol. The molecule has 164 valence electrons. The molecule has 4 rings (SSSR count). The highest BCUT2D eigenvalue weighted by Crippen LogP contribution is 2.46. The fraction of sp³-hybridized carbons (Fsp3) is 0.421. The maximum Gasteiger partial charge on any atom is 0.248 e. The van der Waals surface area contributed by atoms with Crippen molar-refractivity contribution in [3.63, 3.8) is 0 Å². The van der Waals surface area contributed by atoms with Crippen molar-refractivity contribution in [1.29, 1.82) is 0 Å². The Labute approximate surface area is 185 Å². The van der Waals surface area contributed by atoms with E-state index < -0.39 is 17.8 Å². The molecule has 8 nitrogen and oxygen atoms in total. The maximum absolute atomic E-state index is 13.9. The number of benzene rings is 1. The van der Waals surface area contributed by atoms with Crippen LogP contribution in [0.5, 0.6) is 0 Å². The van der Waals surface area contributed by atoms with Crippen LogP contribution in [0.2, 0.25) is 4.34 Å². The minimum Gasteiger partial charge on any atom is -0.361 e. The third-order valence-corrected chi connectivity index (χ3v) is 6.16. The zero-order valence-electron chi connectivity index (χ0n) is 16.5. The second-order valence-electron chi connectivity index (χ2n) is 7.32. The maximum atomic E-state index is 13.9. The first-order valence-corrected chi connectivity index (χ1v) is 10.7. The summed E-state index contributed by atoms with van der Waals surface area (Å²) in [5.74, 6) is -3.99. The smallest absolute Gasteiger partial charge is 0.248 e. The number of alkyl halides is 2. The number of anilines is 1. The number of ether oxygens (including phenoxy) is 1. The van der Waals surface area contributed by atoms with Gasteiger partial charge in [-0.05, 0) is 23.1 Å². The summed E-state index contributed by atoms with van der Waals surface area (Å²) in [6.07, 6.45) is 1.13. The molecule has 0 radical (unpaired) electrons. The van der Waals surface area contributed by atoms with Crippen LogP contribution in [-0.2, 0) is 16.3 Å². The molecule has 0 saturated heterocycles. The predicted octanol–water partition coefficient (Wildman–Crippen LogP) is 4.21. The van der Waals surface area contributed by atoms with Gasteiger partial charge in [-0.2, -0.15) is 0 Å². The Balaban J connectivity index is 1.58. The van der Waals surface area contributed by atoms with Gasteiger partial charge in [-0.25, -0.2) is 13.8 Å². The largest absolute Gasteiger partial charge is 0.361 e. The van der Waals surface area contributed by atoms with E-state index in [1.807, 2.05) is 0 Å². The van der Waals surface area contributed by atoms with Crippen LogP contribution in [0.15, 0.2) is 30.5 Å². The number of nitrogens with zero attached hydrogens (tertiary/aromatic N) is 5. The van der Waals surface area contributed by atoms with Crippen molar-refractivity contribution in [2.24, 2.45) is 5.92 Å². The van der Waals surface area contributed by atoms with Crippen LogP contribution in [0.4, 0.5) is 13.9 Å². The number of halogens is 3. The van der Waals surface area contributed by atoms with Crippen molar-refractivity contribution in [3.05, 3.63) is 40.4 Å². The van der Waals surface area contributed by atoms with Gasteiger partial charge >= 0.3 is 0 Å². The van der Waals surface area contributed by atoms with Crippen molar-refractivity contribution in [1.82, 2.24) is 25.2 Å². The number of nitrogens with one attached hydrogen (secondary N) is 1. The number of rotatable bonds is 7. The number of methoxy groups -OCH3 is 1. The van der Waals surface area contributed by atoms with Gasteiger partial charge < -0.3 is 10.1 Å². The molecule has 1 amide bonds. The molecule has 12 heteroatoms. The Morgan fingerprint density at radius 3 is 2.81 bits per heavy atom. The number of thiazole rings is 1. The topological polar surface area (TPSA) is 94.8 Å². The average Bonchev–Trinajstić information content (AvgIpc) is 3.44. The highest BCUT2D eigenvalue weighted by atomic mass is 35.5. The minimum atomic E-state index is -2.77. The van der Waals surface area contributed by atoms with Gasteiger partial charge in [-0.3, -0.25) is 4.79 Å². The van der Waals surface area contributed by atoms with Crippen molar-refractivity contribution in [3.8, 4) is 11.4 Å². The van der Waals surface area contributed by atoms with E-state index in [0.29, 0.717) is 26.4 Å². The van der Waals surface area contributed by atoms with E-state index in [1.54, 1.807) is 24.3 Å². The number of carbonyl (C=O) groups is 1. The second kappa shape index (κ2) is 8.93. The number of amides is 1. The van der Waals surface area contributed by atoms with Gasteiger partial charge in [0, 0.05) is 25.5 Å². The number of tetrazole rings is 1. The molecule has 1 N–H and O–H groups in total. The SMILES string of the molecule is COCn1nnc(-c2ccc(C(C(=O)Nc3ncc(Cl)s3)C3CCC(F)(F)C3)cc2)n1. The molecule has 1 aliphatic rings. The molecular formula is C19H19ClF2N6O2S. The number of carbonyl (C=O) groups excluding carboxylic acids is 1. The summed E-state index contributed by atoms with van der Waals surface area (Å²) in [4.78, 5) is 18.4. The highest BCUT2D eigenvalue weighted by Gasteiger charge is 2.45. The lowest BCUT2D eigenvalue weighted by atomic mass is 9.83. The first kappa shape index (κ1) is 21.7. The van der Waals surface area contributed by atoms with Gasteiger partial charge in [-0.15, -0.1) is 15.0 Å². The lowest BCUT2D eigenvalue weighted by Gasteiger charge is -2.23. The van der Waals surface area contributed by atoms with E-state index in [1.165, 1.54) is 18.1 Å². The van der Waals surface area contributed by atoms with Crippen LogP contribution >= 0.6 is 22.9 Å². The van der Waals surface area contributed by atoms with Gasteiger partial charge in [0.1, 0.15) is 4.34 Å². The molecule has 1 fully saturated rings. The number of hydrogen-bond donors (Lipinski definition) is 1. The molecule has 1 aliphatic carbocycles. The van der Waals surface area contributed by atoms with E-state index in [0.717, 1.165) is 11.3 Å². The predicted molar refractivity (Wildman–Crippen MR) is 111 cm³/mol. The van der Waals surface area contributed by atoms with Crippen LogP contribution < -0.4 is 5.32 Å². The first-order chi connectivity index (χ1) is 14.8. The lowest BCUT2D eigenvalue weighted by Crippen LogP contribution is -2.27. The van der Waals surface area contributed by atoms with E-state index in [4.69, 9.17) is 16.3 Å². The Bertz CT molecular complexity index is 1060. The van der Waals surface area contributed by atoms with Gasteiger partial charge in [0.15, 0.2) is 11.9 Å². The lowest BCUT2D eigenvalue weighted by molar-refractivity contribution is -0.118. The van der Waals surface area contributed by atoms with Crippen molar-refractivity contribution in [2.75, 3.05) is 12.4 Å². The van der Waals surface area contributed by atoms with E-state index in [9.17, 15) is 13.6 Å². The van der Waals surface area contributed by atoms with Crippen molar-refractivity contribution in [2.45, 2.75) is 37.8 Å². The Hall–Kier alpha value is -2.50. The van der Waals surface area contributed by atoms with Crippen LogP contribution in [0.1, 0.15) is 30.7 Å². The Morgan fingerprint density at radius 2 is 2.19 bits per heavy atom. The standard InChI is InChI=1S/C19H19ClF2N6O2S/c1-30-10-28-26-16(25-27-28)12-4-2-11(3-5-12)15(13-6-7-19(21,22)8-13)17(29)24-18-23-9-14(20)31-18/h2-5,9,13,15H,6-8,10H2,1H3,(H,23,24,29). The number of hydrogen-bond acceptors (Lipinski definition) is 7. The number of aromatic nitrogens is 5. The first-order valence-electron chi connectivity index (χ1n) is 9.52. The molecule has 0 aliphatic heterocycles. The zero-order chi connectivity index (χ0) is 22.0. The van der Waals surface area contributed by atoms with E-state index in [2.05, 4.69) is 25.7 Å². The fourth-order valence-corrected chi connectivity index (χ4v) is 4.59. The summed E-state index contributed by atoms with van der Waals surface area (Å²) in [6.45, 7) is 0.171. The van der Waals surface area contributed by atoms with Gasteiger partial charge in [0.2, 0.25) is 17.7 Å². The Kier molecular flexibility index (Phi) is 6.26. The molecular weight excluding hydrogens is 450 g/mol. The quantitative estimate of drug-likeness (QED) is 0.558. The summed E-state index contributed by atoms with van der Waals surface area (Å²) >= 11 is 7.00. The summed E-state index contributed by atoms with van der Waals surface area (Å²) in [5, 5.41) is 15.1. The van der Waals surface area contributed by atoms with E-state index in [-0.39, 0.29) is 31.9 Å². The van der Waals surface area contributed by atoms with Crippen LogP contribution in [0, 0.1) is 5.92 Å². The summed E-state index contributed by atoms with van der Waals surface area (Å²) in [5.41, 5.74) is 1.32. The molecule has 1 aromatic carbocycles. The molecule has 31 heavy (non-hydrogen) atoms. The van der Waals surface area contributed by atoms with Gasteiger partial charge in [-0.1, -0.05) is 47.2 Å². The van der Waals surface area contributed by atoms with Crippen LogP contribution in [0.25, 0.3) is 11.4 Å². The highest BCUT2D eigenvalue weighted by molar-refractivity contribution is 7.19. The van der Waals surface area contributed by atoms with Crippen LogP contribution in [0.3, 0.4) is 0 Å². The molecule has 2 heterocycles. The third kappa shape index (κ3) is 5.05. The van der Waals surface area contributed by atoms with Crippen molar-refractivity contribution < 1.29 is 18.3 Å². The third-order valence-electron chi connectivity index (χ3n) is 5.13. The summed E-state index contributed by atoms with van der Waals surface area (Å²) in [6, 6.07) is 6.97.